The largest absolute Gasteiger partial charge is 0.394 e. The molecular formula is C9H18O6. The summed E-state index contributed by atoms with van der Waals surface area (Å²) in [7, 11) is 0. The second-order valence-corrected chi connectivity index (χ2v) is 3.88. The summed E-state index contributed by atoms with van der Waals surface area (Å²) >= 11 is 0. The number of ether oxygens (including phenoxy) is 2. The van der Waals surface area contributed by atoms with Crippen LogP contribution in [0, 0.1) is 0 Å². The third kappa shape index (κ3) is 2.87. The molecule has 0 amide bonds. The molecule has 0 bridgehead atoms. The van der Waals surface area contributed by atoms with Crippen LogP contribution in [0.1, 0.15) is 13.8 Å². The lowest BCUT2D eigenvalue weighted by Gasteiger charge is -2.40. The van der Waals surface area contributed by atoms with Gasteiger partial charge in [-0.15, -0.1) is 0 Å². The van der Waals surface area contributed by atoms with Gasteiger partial charge in [0.25, 0.3) is 0 Å². The van der Waals surface area contributed by atoms with Gasteiger partial charge in [0.05, 0.1) is 12.7 Å². The van der Waals surface area contributed by atoms with E-state index in [1.54, 1.807) is 13.8 Å². The predicted octanol–water partition coefficient (Wildman–Crippen LogP) is -1.79. The lowest BCUT2D eigenvalue weighted by Crippen LogP contribution is -2.59. The van der Waals surface area contributed by atoms with E-state index in [0.717, 1.165) is 0 Å². The highest BCUT2D eigenvalue weighted by molar-refractivity contribution is 4.89. The van der Waals surface area contributed by atoms with Crippen LogP contribution in [0.5, 0.6) is 0 Å². The second-order valence-electron chi connectivity index (χ2n) is 3.88. The Balaban J connectivity index is 2.70. The van der Waals surface area contributed by atoms with E-state index in [-0.39, 0.29) is 6.10 Å². The Bertz CT molecular complexity index is 197. The van der Waals surface area contributed by atoms with Crippen LogP contribution in [-0.2, 0) is 9.47 Å². The molecule has 15 heavy (non-hydrogen) atoms. The van der Waals surface area contributed by atoms with Gasteiger partial charge in [0, 0.05) is 0 Å². The highest BCUT2D eigenvalue weighted by atomic mass is 16.6. The van der Waals surface area contributed by atoms with Gasteiger partial charge in [-0.2, -0.15) is 0 Å². The number of hydrogen-bond acceptors (Lipinski definition) is 6. The maximum absolute atomic E-state index is 9.68. The summed E-state index contributed by atoms with van der Waals surface area (Å²) in [6.45, 7) is 3.05. The quantitative estimate of drug-likeness (QED) is 0.450. The number of aliphatic hydroxyl groups is 4. The highest BCUT2D eigenvalue weighted by Crippen LogP contribution is 2.23. The zero-order valence-corrected chi connectivity index (χ0v) is 8.78. The van der Waals surface area contributed by atoms with Crippen LogP contribution >= 0.6 is 0 Å². The maximum Gasteiger partial charge on any atom is 0.184 e. The minimum absolute atomic E-state index is 0.205. The van der Waals surface area contributed by atoms with E-state index in [9.17, 15) is 15.3 Å². The summed E-state index contributed by atoms with van der Waals surface area (Å²) in [6, 6.07) is 0. The summed E-state index contributed by atoms with van der Waals surface area (Å²) in [5.74, 6) is 0. The zero-order chi connectivity index (χ0) is 11.6. The van der Waals surface area contributed by atoms with Gasteiger partial charge >= 0.3 is 0 Å². The minimum atomic E-state index is -1.45. The van der Waals surface area contributed by atoms with Crippen molar-refractivity contribution in [3.05, 3.63) is 0 Å². The molecule has 1 fully saturated rings. The normalized spacial score (nSPS) is 42.2. The fraction of sp³-hybridized carbons (Fsp3) is 1.00. The fourth-order valence-electron chi connectivity index (χ4n) is 1.54. The summed E-state index contributed by atoms with van der Waals surface area (Å²) in [5, 5.41) is 37.4. The third-order valence-electron chi connectivity index (χ3n) is 2.27. The summed E-state index contributed by atoms with van der Waals surface area (Å²) < 4.78 is 10.1. The molecule has 0 radical (unpaired) electrons. The first-order valence-electron chi connectivity index (χ1n) is 4.93. The monoisotopic (exact) mass is 222 g/mol. The smallest absolute Gasteiger partial charge is 0.184 e. The van der Waals surface area contributed by atoms with Gasteiger partial charge in [-0.3, -0.25) is 0 Å². The fourth-order valence-corrected chi connectivity index (χ4v) is 1.54. The Morgan fingerprint density at radius 2 is 1.80 bits per heavy atom. The first-order valence-corrected chi connectivity index (χ1v) is 4.93. The second kappa shape index (κ2) is 5.20. The maximum atomic E-state index is 9.68. The van der Waals surface area contributed by atoms with Gasteiger partial charge in [0.1, 0.15) is 24.4 Å². The zero-order valence-electron chi connectivity index (χ0n) is 8.78. The molecule has 1 saturated heterocycles. The first kappa shape index (κ1) is 12.8. The summed E-state index contributed by atoms with van der Waals surface area (Å²) in [4.78, 5) is 0. The van der Waals surface area contributed by atoms with Crippen LogP contribution in [0.15, 0.2) is 0 Å². The Labute approximate surface area is 88.1 Å². The van der Waals surface area contributed by atoms with E-state index in [1.807, 2.05) is 0 Å². The molecule has 6 nitrogen and oxygen atoms in total. The van der Waals surface area contributed by atoms with Gasteiger partial charge in [-0.05, 0) is 13.8 Å². The van der Waals surface area contributed by atoms with Crippen molar-refractivity contribution in [2.75, 3.05) is 6.61 Å². The lowest BCUT2D eigenvalue weighted by atomic mass is 9.99. The lowest BCUT2D eigenvalue weighted by molar-refractivity contribution is -0.298. The molecule has 0 aromatic carbocycles. The molecule has 0 aromatic rings. The molecule has 1 heterocycles. The molecule has 4 N–H and O–H groups in total. The molecule has 5 atom stereocenters. The van der Waals surface area contributed by atoms with Gasteiger partial charge in [0.15, 0.2) is 6.29 Å². The van der Waals surface area contributed by atoms with Gasteiger partial charge in [-0.25, -0.2) is 0 Å². The van der Waals surface area contributed by atoms with Crippen molar-refractivity contribution in [1.29, 1.82) is 0 Å². The van der Waals surface area contributed by atoms with E-state index in [0.29, 0.717) is 0 Å². The number of rotatable bonds is 3. The van der Waals surface area contributed by atoms with Crippen LogP contribution in [0.25, 0.3) is 0 Å². The standard InChI is InChI=1S/C9H18O6/c1-4(2)14-8-6(11)5(3-10)15-9(13)7(8)12/h4-13H,3H2,1-2H3/t5-,6-,7-,8+,9-/m0/s1. The third-order valence-corrected chi connectivity index (χ3v) is 2.27. The average molecular weight is 222 g/mol. The number of aliphatic hydroxyl groups excluding tert-OH is 4. The van der Waals surface area contributed by atoms with E-state index in [1.165, 1.54) is 0 Å². The Kier molecular flexibility index (Phi) is 4.45. The van der Waals surface area contributed by atoms with Crippen molar-refractivity contribution in [2.45, 2.75) is 50.7 Å². The van der Waals surface area contributed by atoms with E-state index in [2.05, 4.69) is 0 Å². The molecular weight excluding hydrogens is 204 g/mol. The minimum Gasteiger partial charge on any atom is -0.394 e. The van der Waals surface area contributed by atoms with E-state index >= 15 is 0 Å². The topological polar surface area (TPSA) is 99.4 Å². The van der Waals surface area contributed by atoms with Crippen molar-refractivity contribution in [2.24, 2.45) is 0 Å². The van der Waals surface area contributed by atoms with E-state index in [4.69, 9.17) is 14.6 Å². The molecule has 6 heteroatoms. The highest BCUT2D eigenvalue weighted by Gasteiger charge is 2.44. The van der Waals surface area contributed by atoms with Crippen LogP contribution in [-0.4, -0.2) is 63.8 Å². The van der Waals surface area contributed by atoms with Crippen LogP contribution in [0.2, 0.25) is 0 Å². The van der Waals surface area contributed by atoms with Gasteiger partial charge in [-0.1, -0.05) is 0 Å². The van der Waals surface area contributed by atoms with Crippen molar-refractivity contribution >= 4 is 0 Å². The van der Waals surface area contributed by atoms with Gasteiger partial charge < -0.3 is 29.9 Å². The SMILES string of the molecule is CC(C)O[C@@H]1[C@@H](O)[C@H](CO)O[C@H](O)[C@H]1O. The average Bonchev–Trinajstić information content (AvgIpc) is 2.18. The Morgan fingerprint density at radius 1 is 1.20 bits per heavy atom. The predicted molar refractivity (Wildman–Crippen MR) is 50.0 cm³/mol. The van der Waals surface area contributed by atoms with Crippen molar-refractivity contribution in [3.63, 3.8) is 0 Å². The Morgan fingerprint density at radius 3 is 2.27 bits per heavy atom. The van der Waals surface area contributed by atoms with Crippen molar-refractivity contribution in [3.8, 4) is 0 Å². The molecule has 0 unspecified atom stereocenters. The molecule has 0 saturated carbocycles. The van der Waals surface area contributed by atoms with Crippen molar-refractivity contribution in [1.82, 2.24) is 0 Å². The summed E-state index contributed by atoms with van der Waals surface area (Å²) in [5.41, 5.74) is 0. The molecule has 1 rings (SSSR count). The molecule has 0 aromatic heterocycles. The van der Waals surface area contributed by atoms with Crippen LogP contribution in [0.3, 0.4) is 0 Å². The molecule has 0 spiro atoms. The van der Waals surface area contributed by atoms with Crippen LogP contribution < -0.4 is 0 Å². The van der Waals surface area contributed by atoms with Crippen LogP contribution in [0.4, 0.5) is 0 Å². The van der Waals surface area contributed by atoms with Gasteiger partial charge in [0.2, 0.25) is 0 Å². The number of hydrogen-bond donors (Lipinski definition) is 4. The Hall–Kier alpha value is -0.240. The molecule has 0 aliphatic carbocycles. The van der Waals surface area contributed by atoms with Crippen molar-refractivity contribution < 1.29 is 29.9 Å². The molecule has 1 aliphatic heterocycles. The molecule has 90 valence electrons. The first-order chi connectivity index (χ1) is 6.97. The van der Waals surface area contributed by atoms with E-state index < -0.39 is 37.3 Å². The summed E-state index contributed by atoms with van der Waals surface area (Å²) in [6.07, 6.45) is -6.02. The molecule has 1 aliphatic rings.